The van der Waals surface area contributed by atoms with Crippen molar-refractivity contribution in [2.75, 3.05) is 6.54 Å². The molecule has 1 heterocycles. The molecule has 2 rings (SSSR count). The van der Waals surface area contributed by atoms with Gasteiger partial charge in [-0.05, 0) is 39.0 Å². The third-order valence-corrected chi connectivity index (χ3v) is 3.28. The topological polar surface area (TPSA) is 76.4 Å². The van der Waals surface area contributed by atoms with Crippen molar-refractivity contribution in [3.8, 4) is 16.9 Å². The Morgan fingerprint density at radius 2 is 2.00 bits per heavy atom. The number of aromatic nitrogens is 2. The Morgan fingerprint density at radius 1 is 1.31 bits per heavy atom. The van der Waals surface area contributed by atoms with E-state index >= 15 is 0 Å². The molecule has 0 aliphatic carbocycles. The summed E-state index contributed by atoms with van der Waals surface area (Å²) in [6.45, 7) is 5.75. The summed E-state index contributed by atoms with van der Waals surface area (Å²) in [6, 6.07) is 2.68. The minimum atomic E-state index is -4.50. The van der Waals surface area contributed by atoms with E-state index in [9.17, 15) is 23.1 Å². The number of nitrogens with zero attached hydrogens (tertiary/aromatic N) is 2. The van der Waals surface area contributed by atoms with Crippen molar-refractivity contribution in [1.29, 1.82) is 0 Å². The van der Waals surface area contributed by atoms with Gasteiger partial charge in [0.05, 0.1) is 18.3 Å². The summed E-state index contributed by atoms with van der Waals surface area (Å²) in [4.78, 5) is 11.5. The van der Waals surface area contributed by atoms with Crippen LogP contribution >= 0.6 is 0 Å². The summed E-state index contributed by atoms with van der Waals surface area (Å²) in [5.41, 5.74) is -1.09. The van der Waals surface area contributed by atoms with Gasteiger partial charge in [0.2, 0.25) is 0 Å². The summed E-state index contributed by atoms with van der Waals surface area (Å²) < 4.78 is 45.0. The van der Waals surface area contributed by atoms with Gasteiger partial charge < -0.3 is 15.2 Å². The van der Waals surface area contributed by atoms with E-state index in [1.165, 1.54) is 17.1 Å². The number of aromatic hydroxyl groups is 1. The standard InChI is InChI=1S/C17H20F3N3O3/c1-16(2,3)26-15(25)21-6-7-23-10-11(9-22-23)13-8-12(17(18,19)20)4-5-14(13)24/h4-5,8-10,24H,6-7H2,1-3H3,(H,21,25). The zero-order chi connectivity index (χ0) is 19.5. The second kappa shape index (κ2) is 7.27. The van der Waals surface area contributed by atoms with Crippen molar-refractivity contribution in [1.82, 2.24) is 15.1 Å². The molecule has 0 radical (unpaired) electrons. The fraction of sp³-hybridized carbons (Fsp3) is 0.412. The highest BCUT2D eigenvalue weighted by atomic mass is 19.4. The molecular formula is C17H20F3N3O3. The number of carbonyl (C=O) groups is 1. The van der Waals surface area contributed by atoms with E-state index in [1.54, 1.807) is 20.8 Å². The van der Waals surface area contributed by atoms with Crippen LogP contribution in [0.25, 0.3) is 11.1 Å². The summed E-state index contributed by atoms with van der Waals surface area (Å²) in [5.74, 6) is -0.274. The molecule has 1 aromatic carbocycles. The summed E-state index contributed by atoms with van der Waals surface area (Å²) in [5, 5.41) is 16.4. The van der Waals surface area contributed by atoms with Crippen LogP contribution in [-0.2, 0) is 17.5 Å². The van der Waals surface area contributed by atoms with Gasteiger partial charge in [0.15, 0.2) is 0 Å². The Morgan fingerprint density at radius 3 is 2.62 bits per heavy atom. The number of hydrogen-bond donors (Lipinski definition) is 2. The van der Waals surface area contributed by atoms with Gasteiger partial charge in [-0.25, -0.2) is 4.79 Å². The molecule has 0 unspecified atom stereocenters. The second-order valence-corrected chi connectivity index (χ2v) is 6.65. The first-order chi connectivity index (χ1) is 12.0. The molecule has 6 nitrogen and oxygen atoms in total. The number of alkyl halides is 3. The van der Waals surface area contributed by atoms with Crippen molar-refractivity contribution < 1.29 is 27.8 Å². The monoisotopic (exact) mass is 371 g/mol. The first-order valence-corrected chi connectivity index (χ1v) is 7.85. The van der Waals surface area contributed by atoms with E-state index in [1.807, 2.05) is 0 Å². The first-order valence-electron chi connectivity index (χ1n) is 7.85. The fourth-order valence-corrected chi connectivity index (χ4v) is 2.16. The van der Waals surface area contributed by atoms with Gasteiger partial charge in [0.25, 0.3) is 0 Å². The highest BCUT2D eigenvalue weighted by Crippen LogP contribution is 2.36. The Kier molecular flexibility index (Phi) is 5.48. The number of carbonyl (C=O) groups excluding carboxylic acids is 1. The number of hydrogen-bond acceptors (Lipinski definition) is 4. The molecule has 0 saturated heterocycles. The lowest BCUT2D eigenvalue weighted by Gasteiger charge is -2.19. The molecular weight excluding hydrogens is 351 g/mol. The van der Waals surface area contributed by atoms with Crippen LogP contribution in [0.3, 0.4) is 0 Å². The molecule has 9 heteroatoms. The van der Waals surface area contributed by atoms with E-state index in [-0.39, 0.29) is 17.9 Å². The highest BCUT2D eigenvalue weighted by Gasteiger charge is 2.31. The predicted octanol–water partition coefficient (Wildman–Crippen LogP) is 3.80. The lowest BCUT2D eigenvalue weighted by Crippen LogP contribution is -2.34. The molecule has 0 fully saturated rings. The third kappa shape index (κ3) is 5.40. The van der Waals surface area contributed by atoms with Gasteiger partial charge in [-0.3, -0.25) is 4.68 Å². The van der Waals surface area contributed by atoms with Crippen molar-refractivity contribution in [2.24, 2.45) is 0 Å². The molecule has 26 heavy (non-hydrogen) atoms. The molecule has 2 aromatic rings. The molecule has 2 N–H and O–H groups in total. The van der Waals surface area contributed by atoms with Crippen LogP contribution < -0.4 is 5.32 Å². The van der Waals surface area contributed by atoms with Crippen LogP contribution in [0, 0.1) is 0 Å². The number of phenolic OH excluding ortho intramolecular Hbond substituents is 1. The van der Waals surface area contributed by atoms with E-state index in [2.05, 4.69) is 10.4 Å². The van der Waals surface area contributed by atoms with Crippen molar-refractivity contribution >= 4 is 6.09 Å². The van der Waals surface area contributed by atoms with Gasteiger partial charge in [-0.1, -0.05) is 0 Å². The number of amides is 1. The first kappa shape index (κ1) is 19.6. The maximum atomic E-state index is 12.8. The number of ether oxygens (including phenoxy) is 1. The van der Waals surface area contributed by atoms with Crippen LogP contribution in [0.15, 0.2) is 30.6 Å². The summed E-state index contributed by atoms with van der Waals surface area (Å²) >= 11 is 0. The SMILES string of the molecule is CC(C)(C)OC(=O)NCCn1cc(-c2cc(C(F)(F)F)ccc2O)cn1. The largest absolute Gasteiger partial charge is 0.507 e. The zero-order valence-electron chi connectivity index (χ0n) is 14.6. The average molecular weight is 371 g/mol. The molecule has 0 spiro atoms. The molecule has 0 aliphatic heterocycles. The van der Waals surface area contributed by atoms with E-state index in [0.29, 0.717) is 12.1 Å². The maximum Gasteiger partial charge on any atom is 0.416 e. The Labute approximate surface area is 148 Å². The molecule has 0 atom stereocenters. The van der Waals surface area contributed by atoms with Gasteiger partial charge in [0, 0.05) is 23.9 Å². The molecule has 1 amide bonds. The van der Waals surface area contributed by atoms with Crippen molar-refractivity contribution in [3.05, 3.63) is 36.2 Å². The Bertz CT molecular complexity index is 780. The molecule has 0 aliphatic rings. The number of halogens is 3. The number of rotatable bonds is 4. The van der Waals surface area contributed by atoms with Crippen LogP contribution in [0.4, 0.5) is 18.0 Å². The van der Waals surface area contributed by atoms with Gasteiger partial charge in [-0.2, -0.15) is 18.3 Å². The van der Waals surface area contributed by atoms with Gasteiger partial charge >= 0.3 is 12.3 Å². The number of benzene rings is 1. The van der Waals surface area contributed by atoms with Crippen LogP contribution in [0.5, 0.6) is 5.75 Å². The predicted molar refractivity (Wildman–Crippen MR) is 88.6 cm³/mol. The molecule has 1 aromatic heterocycles. The average Bonchev–Trinajstić information content (AvgIpc) is 2.93. The van der Waals surface area contributed by atoms with Crippen LogP contribution in [0.1, 0.15) is 26.3 Å². The minimum Gasteiger partial charge on any atom is -0.507 e. The lowest BCUT2D eigenvalue weighted by molar-refractivity contribution is -0.137. The van der Waals surface area contributed by atoms with Crippen LogP contribution in [-0.4, -0.2) is 33.1 Å². The number of alkyl carbamates (subject to hydrolysis) is 1. The minimum absolute atomic E-state index is 0.0335. The van der Waals surface area contributed by atoms with E-state index < -0.39 is 23.4 Å². The maximum absolute atomic E-state index is 12.8. The van der Waals surface area contributed by atoms with Crippen LogP contribution in [0.2, 0.25) is 0 Å². The number of nitrogens with one attached hydrogen (secondary N) is 1. The zero-order valence-corrected chi connectivity index (χ0v) is 14.6. The third-order valence-electron chi connectivity index (χ3n) is 3.28. The molecule has 0 bridgehead atoms. The lowest BCUT2D eigenvalue weighted by atomic mass is 10.0. The Balaban J connectivity index is 2.03. The van der Waals surface area contributed by atoms with E-state index in [0.717, 1.165) is 18.2 Å². The Hall–Kier alpha value is -2.71. The van der Waals surface area contributed by atoms with Crippen molar-refractivity contribution in [3.63, 3.8) is 0 Å². The fourth-order valence-electron chi connectivity index (χ4n) is 2.16. The highest BCUT2D eigenvalue weighted by molar-refractivity contribution is 5.70. The number of phenols is 1. The quantitative estimate of drug-likeness (QED) is 0.857. The normalized spacial score (nSPS) is 12.1. The van der Waals surface area contributed by atoms with E-state index in [4.69, 9.17) is 4.74 Å². The second-order valence-electron chi connectivity index (χ2n) is 6.65. The van der Waals surface area contributed by atoms with Gasteiger partial charge in [0.1, 0.15) is 11.4 Å². The molecule has 142 valence electrons. The summed E-state index contributed by atoms with van der Waals surface area (Å²) in [6.07, 6.45) is -2.23. The van der Waals surface area contributed by atoms with Gasteiger partial charge in [-0.15, -0.1) is 0 Å². The van der Waals surface area contributed by atoms with Crippen molar-refractivity contribution in [2.45, 2.75) is 39.1 Å². The molecule has 0 saturated carbocycles. The smallest absolute Gasteiger partial charge is 0.416 e. The summed E-state index contributed by atoms with van der Waals surface area (Å²) in [7, 11) is 0.